The molecule has 2 aromatic rings. The zero-order valence-corrected chi connectivity index (χ0v) is 10.8. The number of imidazole rings is 1. The van der Waals surface area contributed by atoms with Crippen molar-refractivity contribution in [3.63, 3.8) is 0 Å². The van der Waals surface area contributed by atoms with Crippen LogP contribution in [-0.4, -0.2) is 28.5 Å². The van der Waals surface area contributed by atoms with Crippen LogP contribution < -0.4 is 10.6 Å². The quantitative estimate of drug-likeness (QED) is 0.877. The van der Waals surface area contributed by atoms with Crippen LogP contribution in [0.4, 0.5) is 5.82 Å². The molecule has 3 heterocycles. The molecule has 2 aromatic heterocycles. The first-order valence-corrected chi connectivity index (χ1v) is 6.68. The lowest BCUT2D eigenvalue weighted by molar-refractivity contribution is 0.353. The average molecular weight is 244 g/mol. The summed E-state index contributed by atoms with van der Waals surface area (Å²) in [5.74, 6) is 1.91. The number of hydrogen-bond acceptors (Lipinski definition) is 3. The van der Waals surface area contributed by atoms with Crippen molar-refractivity contribution in [2.75, 3.05) is 18.0 Å². The van der Waals surface area contributed by atoms with Crippen LogP contribution in [0.1, 0.15) is 19.8 Å². The fourth-order valence-corrected chi connectivity index (χ4v) is 2.84. The molecule has 3 rings (SSSR count). The van der Waals surface area contributed by atoms with Gasteiger partial charge in [0.2, 0.25) is 0 Å². The third-order valence-corrected chi connectivity index (χ3v) is 4.01. The smallest absolute Gasteiger partial charge is 0.138 e. The lowest BCUT2D eigenvalue weighted by Gasteiger charge is -2.35. The number of piperidine rings is 1. The SMILES string of the molecule is CC(N)C1CCN(c2cccc3nccn23)CC1. The van der Waals surface area contributed by atoms with E-state index in [4.69, 9.17) is 5.73 Å². The molecular weight excluding hydrogens is 224 g/mol. The third kappa shape index (κ3) is 1.97. The number of nitrogens with two attached hydrogens (primary N) is 1. The molecule has 0 amide bonds. The summed E-state index contributed by atoms with van der Waals surface area (Å²) in [6, 6.07) is 6.60. The van der Waals surface area contributed by atoms with Gasteiger partial charge >= 0.3 is 0 Å². The van der Waals surface area contributed by atoms with Crippen molar-refractivity contribution in [2.24, 2.45) is 11.7 Å². The van der Waals surface area contributed by atoms with Crippen molar-refractivity contribution >= 4 is 11.5 Å². The minimum atomic E-state index is 0.316. The molecule has 96 valence electrons. The summed E-state index contributed by atoms with van der Waals surface area (Å²) in [5, 5.41) is 0. The van der Waals surface area contributed by atoms with Gasteiger partial charge < -0.3 is 10.6 Å². The maximum atomic E-state index is 5.99. The van der Waals surface area contributed by atoms with Gasteiger partial charge in [-0.15, -0.1) is 0 Å². The van der Waals surface area contributed by atoms with Crippen molar-refractivity contribution in [1.29, 1.82) is 0 Å². The van der Waals surface area contributed by atoms with E-state index in [9.17, 15) is 0 Å². The van der Waals surface area contributed by atoms with Crippen LogP contribution in [-0.2, 0) is 0 Å². The number of anilines is 1. The van der Waals surface area contributed by atoms with E-state index in [-0.39, 0.29) is 0 Å². The Morgan fingerprint density at radius 2 is 2.11 bits per heavy atom. The first kappa shape index (κ1) is 11.5. The van der Waals surface area contributed by atoms with Crippen molar-refractivity contribution in [1.82, 2.24) is 9.38 Å². The zero-order valence-electron chi connectivity index (χ0n) is 10.8. The molecule has 1 saturated heterocycles. The summed E-state index contributed by atoms with van der Waals surface area (Å²) in [5.41, 5.74) is 7.01. The van der Waals surface area contributed by atoms with Crippen LogP contribution in [0, 0.1) is 5.92 Å². The van der Waals surface area contributed by atoms with Gasteiger partial charge in [0.1, 0.15) is 11.5 Å². The minimum Gasteiger partial charge on any atom is -0.358 e. The van der Waals surface area contributed by atoms with Crippen molar-refractivity contribution in [3.8, 4) is 0 Å². The Labute approximate surface area is 107 Å². The Hall–Kier alpha value is -1.55. The Kier molecular flexibility index (Phi) is 2.96. The topological polar surface area (TPSA) is 46.6 Å². The van der Waals surface area contributed by atoms with E-state index in [0.29, 0.717) is 12.0 Å². The van der Waals surface area contributed by atoms with E-state index < -0.39 is 0 Å². The van der Waals surface area contributed by atoms with Crippen LogP contribution in [0.5, 0.6) is 0 Å². The van der Waals surface area contributed by atoms with Gasteiger partial charge in [0.15, 0.2) is 0 Å². The van der Waals surface area contributed by atoms with Gasteiger partial charge in [-0.05, 0) is 37.8 Å². The van der Waals surface area contributed by atoms with E-state index in [2.05, 4.69) is 33.3 Å². The highest BCUT2D eigenvalue weighted by atomic mass is 15.2. The zero-order chi connectivity index (χ0) is 12.5. The van der Waals surface area contributed by atoms with Crippen molar-refractivity contribution in [2.45, 2.75) is 25.8 Å². The molecule has 18 heavy (non-hydrogen) atoms. The van der Waals surface area contributed by atoms with Crippen LogP contribution in [0.3, 0.4) is 0 Å². The Bertz CT molecular complexity index is 523. The van der Waals surface area contributed by atoms with Gasteiger partial charge in [0.05, 0.1) is 0 Å². The summed E-state index contributed by atoms with van der Waals surface area (Å²) < 4.78 is 2.16. The second kappa shape index (κ2) is 4.61. The van der Waals surface area contributed by atoms with Gasteiger partial charge in [0.25, 0.3) is 0 Å². The molecule has 4 heteroatoms. The van der Waals surface area contributed by atoms with Gasteiger partial charge in [-0.25, -0.2) is 4.98 Å². The predicted octanol–water partition coefficient (Wildman–Crippen LogP) is 1.90. The molecule has 0 spiro atoms. The first-order chi connectivity index (χ1) is 8.75. The van der Waals surface area contributed by atoms with Gasteiger partial charge in [0, 0.05) is 31.5 Å². The van der Waals surface area contributed by atoms with Crippen molar-refractivity contribution < 1.29 is 0 Å². The average Bonchev–Trinajstić information content (AvgIpc) is 2.87. The van der Waals surface area contributed by atoms with Gasteiger partial charge in [-0.2, -0.15) is 0 Å². The van der Waals surface area contributed by atoms with E-state index in [1.54, 1.807) is 0 Å². The molecule has 1 unspecified atom stereocenters. The molecule has 0 saturated carbocycles. The lowest BCUT2D eigenvalue weighted by Crippen LogP contribution is -2.40. The maximum absolute atomic E-state index is 5.99. The van der Waals surface area contributed by atoms with E-state index in [1.807, 2.05) is 18.5 Å². The van der Waals surface area contributed by atoms with Crippen molar-refractivity contribution in [3.05, 3.63) is 30.6 Å². The van der Waals surface area contributed by atoms with E-state index >= 15 is 0 Å². The number of fused-ring (bicyclic) bond motifs is 1. The Balaban J connectivity index is 1.82. The monoisotopic (exact) mass is 244 g/mol. The molecule has 1 aliphatic heterocycles. The Morgan fingerprint density at radius 1 is 1.33 bits per heavy atom. The summed E-state index contributed by atoms with van der Waals surface area (Å²) in [7, 11) is 0. The molecule has 0 aliphatic carbocycles. The maximum Gasteiger partial charge on any atom is 0.138 e. The summed E-state index contributed by atoms with van der Waals surface area (Å²) >= 11 is 0. The number of aromatic nitrogens is 2. The Morgan fingerprint density at radius 3 is 2.83 bits per heavy atom. The molecule has 0 radical (unpaired) electrons. The van der Waals surface area contributed by atoms with Crippen LogP contribution >= 0.6 is 0 Å². The largest absolute Gasteiger partial charge is 0.358 e. The van der Waals surface area contributed by atoms with Crippen LogP contribution in [0.15, 0.2) is 30.6 Å². The second-order valence-corrected chi connectivity index (χ2v) is 5.22. The molecule has 1 fully saturated rings. The number of hydrogen-bond donors (Lipinski definition) is 1. The van der Waals surface area contributed by atoms with E-state index in [0.717, 1.165) is 18.7 Å². The summed E-state index contributed by atoms with van der Waals surface area (Å²) in [6.07, 6.45) is 6.25. The molecule has 1 atom stereocenters. The fourth-order valence-electron chi connectivity index (χ4n) is 2.84. The lowest BCUT2D eigenvalue weighted by atomic mass is 9.91. The minimum absolute atomic E-state index is 0.316. The third-order valence-electron chi connectivity index (χ3n) is 4.01. The fraction of sp³-hybridized carbons (Fsp3) is 0.500. The van der Waals surface area contributed by atoms with Crippen LogP contribution in [0.25, 0.3) is 5.65 Å². The summed E-state index contributed by atoms with van der Waals surface area (Å²) in [4.78, 5) is 6.77. The molecular formula is C14H20N4. The van der Waals surface area contributed by atoms with Crippen LogP contribution in [0.2, 0.25) is 0 Å². The summed E-state index contributed by atoms with van der Waals surface area (Å²) in [6.45, 7) is 4.30. The highest BCUT2D eigenvalue weighted by Crippen LogP contribution is 2.25. The second-order valence-electron chi connectivity index (χ2n) is 5.22. The first-order valence-electron chi connectivity index (χ1n) is 6.68. The molecule has 2 N–H and O–H groups in total. The van der Waals surface area contributed by atoms with Gasteiger partial charge in [-0.3, -0.25) is 4.40 Å². The molecule has 4 nitrogen and oxygen atoms in total. The molecule has 0 aromatic carbocycles. The standard InChI is InChI=1S/C14H20N4/c1-11(15)12-5-8-17(9-6-12)14-4-2-3-13-16-7-10-18(13)14/h2-4,7,10-12H,5-6,8-9,15H2,1H3. The highest BCUT2D eigenvalue weighted by Gasteiger charge is 2.22. The number of nitrogens with zero attached hydrogens (tertiary/aromatic N) is 3. The highest BCUT2D eigenvalue weighted by molar-refractivity contribution is 5.51. The van der Waals surface area contributed by atoms with Gasteiger partial charge in [-0.1, -0.05) is 6.07 Å². The number of rotatable bonds is 2. The molecule has 1 aliphatic rings. The van der Waals surface area contributed by atoms with E-state index in [1.165, 1.54) is 18.7 Å². The molecule has 0 bridgehead atoms. The normalized spacial score (nSPS) is 19.3. The predicted molar refractivity (Wildman–Crippen MR) is 73.8 cm³/mol. The number of pyridine rings is 1.